The molecule has 0 bridgehead atoms. The molecule has 7 heteroatoms. The number of ether oxygens (including phenoxy) is 1. The molecule has 0 radical (unpaired) electrons. The Labute approximate surface area is 158 Å². The fraction of sp³-hybridized carbons (Fsp3) is 0.263. The number of primary amides is 1. The first-order valence-electron chi connectivity index (χ1n) is 8.15. The van der Waals surface area contributed by atoms with E-state index in [1.54, 1.807) is 6.07 Å². The minimum absolute atomic E-state index is 0.286. The number of rotatable bonds is 4. The predicted molar refractivity (Wildman–Crippen MR) is 110 cm³/mol. The van der Waals surface area contributed by atoms with Crippen molar-refractivity contribution in [1.29, 1.82) is 0 Å². The summed E-state index contributed by atoms with van der Waals surface area (Å²) in [5.74, 6) is 0. The Morgan fingerprint density at radius 3 is 2.23 bits per heavy atom. The normalized spacial score (nSPS) is 12.1. The second kappa shape index (κ2) is 8.05. The van der Waals surface area contributed by atoms with Crippen LogP contribution in [0, 0.1) is 5.41 Å². The van der Waals surface area contributed by atoms with Gasteiger partial charge in [0.2, 0.25) is 0 Å². The number of carbonyl (C=O) groups is 1. The highest BCUT2D eigenvalue weighted by Crippen LogP contribution is 2.36. The van der Waals surface area contributed by atoms with E-state index >= 15 is 0 Å². The fourth-order valence-corrected chi connectivity index (χ4v) is 2.73. The third kappa shape index (κ3) is 5.35. The van der Waals surface area contributed by atoms with E-state index in [1.165, 1.54) is 0 Å². The van der Waals surface area contributed by atoms with E-state index in [2.05, 4.69) is 10.6 Å². The summed E-state index contributed by atoms with van der Waals surface area (Å²) in [4.78, 5) is 11.2. The fourth-order valence-electron chi connectivity index (χ4n) is 2.50. The third-order valence-electron chi connectivity index (χ3n) is 3.70. The van der Waals surface area contributed by atoms with Crippen LogP contribution in [0.2, 0.25) is 0 Å². The van der Waals surface area contributed by atoms with E-state index in [9.17, 15) is 4.79 Å². The van der Waals surface area contributed by atoms with Crippen LogP contribution in [-0.4, -0.2) is 11.2 Å². The molecule has 0 aliphatic rings. The Balaban J connectivity index is 2.07. The molecular weight excluding hydrogens is 348 g/mol. The van der Waals surface area contributed by atoms with Crippen LogP contribution in [-0.2, 0) is 4.74 Å². The van der Waals surface area contributed by atoms with E-state index in [-0.39, 0.29) is 5.41 Å². The molecule has 26 heavy (non-hydrogen) atoms. The number of anilines is 3. The first-order chi connectivity index (χ1) is 12.2. The number of nitrogens with one attached hydrogen (secondary N) is 2. The van der Waals surface area contributed by atoms with Crippen LogP contribution < -0.4 is 22.1 Å². The van der Waals surface area contributed by atoms with Crippen LogP contribution in [0.5, 0.6) is 0 Å². The van der Waals surface area contributed by atoms with Crippen molar-refractivity contribution in [2.24, 2.45) is 11.1 Å². The van der Waals surface area contributed by atoms with Crippen molar-refractivity contribution in [3.05, 3.63) is 54.1 Å². The molecule has 2 aromatic carbocycles. The number of hydrogen-bond donors (Lipinski definition) is 4. The van der Waals surface area contributed by atoms with Crippen LogP contribution >= 0.6 is 12.2 Å². The van der Waals surface area contributed by atoms with E-state index < -0.39 is 12.2 Å². The topological polar surface area (TPSA) is 102 Å². The summed E-state index contributed by atoms with van der Waals surface area (Å²) in [6.45, 7) is 5.95. The first kappa shape index (κ1) is 19.5. The Kier molecular flexibility index (Phi) is 6.05. The summed E-state index contributed by atoms with van der Waals surface area (Å²) in [6.07, 6.45) is -1.24. The van der Waals surface area contributed by atoms with Gasteiger partial charge in [0.1, 0.15) is 6.10 Å². The molecule has 0 aromatic heterocycles. The van der Waals surface area contributed by atoms with Gasteiger partial charge in [0.25, 0.3) is 0 Å². The van der Waals surface area contributed by atoms with Crippen LogP contribution in [0.15, 0.2) is 48.5 Å². The average Bonchev–Trinajstić information content (AvgIpc) is 2.54. The SMILES string of the molecule is CC(C)(C)C(OC(N)=O)c1ccc(NC(=S)Nc2ccccc2N)cc1. The van der Waals surface area contributed by atoms with Gasteiger partial charge in [-0.25, -0.2) is 4.79 Å². The number of nitrogen functional groups attached to an aromatic ring is 1. The Hall–Kier alpha value is -2.80. The van der Waals surface area contributed by atoms with Gasteiger partial charge >= 0.3 is 6.09 Å². The van der Waals surface area contributed by atoms with Crippen molar-refractivity contribution in [3.63, 3.8) is 0 Å². The maximum absolute atomic E-state index is 11.2. The lowest BCUT2D eigenvalue weighted by molar-refractivity contribution is 0.0360. The highest BCUT2D eigenvalue weighted by atomic mass is 32.1. The first-order valence-corrected chi connectivity index (χ1v) is 8.56. The number of nitrogens with two attached hydrogens (primary N) is 2. The highest BCUT2D eigenvalue weighted by molar-refractivity contribution is 7.80. The summed E-state index contributed by atoms with van der Waals surface area (Å²) in [5.41, 5.74) is 13.8. The molecule has 1 unspecified atom stereocenters. The zero-order valence-electron chi connectivity index (χ0n) is 15.1. The Bertz CT molecular complexity index is 785. The minimum Gasteiger partial charge on any atom is -0.441 e. The van der Waals surface area contributed by atoms with Gasteiger partial charge in [-0.2, -0.15) is 0 Å². The average molecular weight is 372 g/mol. The molecule has 0 heterocycles. The van der Waals surface area contributed by atoms with Gasteiger partial charge in [-0.05, 0) is 42.0 Å². The lowest BCUT2D eigenvalue weighted by Crippen LogP contribution is -2.27. The molecule has 6 nitrogen and oxygen atoms in total. The standard InChI is InChI=1S/C19H24N4O2S/c1-19(2,3)16(25-17(21)24)12-8-10-13(11-9-12)22-18(26)23-15-7-5-4-6-14(15)20/h4-11,16H,20H2,1-3H3,(H2,21,24)(H2,22,23,26). The van der Waals surface area contributed by atoms with E-state index in [0.717, 1.165) is 16.9 Å². The number of amides is 1. The monoisotopic (exact) mass is 372 g/mol. The number of thiocarbonyl (C=S) groups is 1. The van der Waals surface area contributed by atoms with Crippen molar-refractivity contribution >= 4 is 40.5 Å². The van der Waals surface area contributed by atoms with E-state index in [1.807, 2.05) is 63.2 Å². The summed E-state index contributed by atoms with van der Waals surface area (Å²) in [6, 6.07) is 14.9. The lowest BCUT2D eigenvalue weighted by Gasteiger charge is -2.30. The maximum Gasteiger partial charge on any atom is 0.405 e. The van der Waals surface area contributed by atoms with Crippen molar-refractivity contribution in [2.45, 2.75) is 26.9 Å². The van der Waals surface area contributed by atoms with Gasteiger partial charge in [0.15, 0.2) is 5.11 Å². The zero-order chi connectivity index (χ0) is 19.3. The molecule has 6 N–H and O–H groups in total. The van der Waals surface area contributed by atoms with Gasteiger partial charge in [0.05, 0.1) is 11.4 Å². The van der Waals surface area contributed by atoms with E-state index in [4.69, 9.17) is 28.4 Å². The molecule has 0 fully saturated rings. The van der Waals surface area contributed by atoms with Gasteiger partial charge in [-0.3, -0.25) is 0 Å². The highest BCUT2D eigenvalue weighted by Gasteiger charge is 2.29. The Morgan fingerprint density at radius 2 is 1.69 bits per heavy atom. The molecule has 2 aromatic rings. The van der Waals surface area contributed by atoms with Crippen LogP contribution in [0.25, 0.3) is 0 Å². The third-order valence-corrected chi connectivity index (χ3v) is 3.90. The lowest BCUT2D eigenvalue weighted by atomic mass is 9.84. The van der Waals surface area contributed by atoms with Crippen molar-refractivity contribution in [2.75, 3.05) is 16.4 Å². The van der Waals surface area contributed by atoms with Crippen LogP contribution in [0.1, 0.15) is 32.4 Å². The molecule has 138 valence electrons. The molecule has 0 saturated carbocycles. The van der Waals surface area contributed by atoms with Crippen LogP contribution in [0.4, 0.5) is 21.9 Å². The zero-order valence-corrected chi connectivity index (χ0v) is 15.9. The van der Waals surface area contributed by atoms with Gasteiger partial charge < -0.3 is 26.8 Å². The summed E-state index contributed by atoms with van der Waals surface area (Å²) in [7, 11) is 0. The molecular formula is C19H24N4O2S. The van der Waals surface area contributed by atoms with Crippen molar-refractivity contribution in [1.82, 2.24) is 0 Å². The minimum atomic E-state index is -0.794. The second-order valence-corrected chi connectivity index (χ2v) is 7.38. The summed E-state index contributed by atoms with van der Waals surface area (Å²) < 4.78 is 5.28. The van der Waals surface area contributed by atoms with E-state index in [0.29, 0.717) is 10.8 Å². The smallest absolute Gasteiger partial charge is 0.405 e. The molecule has 1 amide bonds. The molecule has 1 atom stereocenters. The number of hydrogen-bond acceptors (Lipinski definition) is 4. The maximum atomic E-state index is 11.2. The second-order valence-electron chi connectivity index (χ2n) is 6.97. The number of carbonyl (C=O) groups excluding carboxylic acids is 1. The molecule has 2 rings (SSSR count). The number of benzene rings is 2. The quantitative estimate of drug-likeness (QED) is 0.472. The van der Waals surface area contributed by atoms with Gasteiger partial charge in [0, 0.05) is 11.1 Å². The Morgan fingerprint density at radius 1 is 1.08 bits per heavy atom. The van der Waals surface area contributed by atoms with Gasteiger partial charge in [-0.1, -0.05) is 45.0 Å². The van der Waals surface area contributed by atoms with Crippen molar-refractivity contribution < 1.29 is 9.53 Å². The predicted octanol–water partition coefficient (Wildman–Crippen LogP) is 4.26. The molecule has 0 aliphatic heterocycles. The van der Waals surface area contributed by atoms with Gasteiger partial charge in [-0.15, -0.1) is 0 Å². The molecule has 0 aliphatic carbocycles. The summed E-state index contributed by atoms with van der Waals surface area (Å²) in [5, 5.41) is 6.58. The largest absolute Gasteiger partial charge is 0.441 e. The van der Waals surface area contributed by atoms with Crippen molar-refractivity contribution in [3.8, 4) is 0 Å². The van der Waals surface area contributed by atoms with Crippen LogP contribution in [0.3, 0.4) is 0 Å². The molecule has 0 saturated heterocycles. The number of para-hydroxylation sites is 2. The summed E-state index contributed by atoms with van der Waals surface area (Å²) >= 11 is 5.31. The molecule has 0 spiro atoms.